The first-order valence-corrected chi connectivity index (χ1v) is 10.2. The zero-order chi connectivity index (χ0) is 25.1. The number of carbonyl (C=O) groups is 1. The van der Waals surface area contributed by atoms with Crippen molar-refractivity contribution in [2.24, 2.45) is 0 Å². The second-order valence-corrected chi connectivity index (χ2v) is 8.26. The Hall–Kier alpha value is -2.86. The zero-order valence-corrected chi connectivity index (χ0v) is 17.8. The zero-order valence-electron chi connectivity index (χ0n) is 17.0. The Bertz CT molecular complexity index is 1260. The number of piperidine rings is 1. The highest BCUT2D eigenvalue weighted by atomic mass is 35.5. The monoisotopic (exact) mass is 509 g/mol. The van der Waals surface area contributed by atoms with Crippen molar-refractivity contribution < 1.29 is 40.6 Å². The average molecular weight is 510 g/mol. The minimum Gasteiger partial charge on any atom is -0.380 e. The van der Waals surface area contributed by atoms with Crippen LogP contribution in [0.3, 0.4) is 0 Å². The largest absolute Gasteiger partial charge is 0.417 e. The number of aromatic nitrogens is 2. The Balaban J connectivity index is 1.82. The molecule has 0 saturated carbocycles. The fraction of sp³-hybridized carbons (Fsp3) is 0.333. The predicted molar refractivity (Wildman–Crippen MR) is 108 cm³/mol. The molecule has 0 bridgehead atoms. The molecule has 0 aliphatic carbocycles. The predicted octanol–water partition coefficient (Wildman–Crippen LogP) is 5.43. The van der Waals surface area contributed by atoms with Crippen molar-refractivity contribution in [1.82, 2.24) is 9.78 Å². The summed E-state index contributed by atoms with van der Waals surface area (Å²) in [6.07, 6.45) is -11.3. The highest BCUT2D eigenvalue weighted by Crippen LogP contribution is 2.41. The molecular weight excluding hydrogens is 495 g/mol. The van der Waals surface area contributed by atoms with Gasteiger partial charge in [0.15, 0.2) is 11.4 Å². The molecule has 182 valence electrons. The van der Waals surface area contributed by atoms with E-state index in [1.807, 2.05) is 0 Å². The Morgan fingerprint density at radius 2 is 1.65 bits per heavy atom. The van der Waals surface area contributed by atoms with E-state index in [-0.39, 0.29) is 29.8 Å². The van der Waals surface area contributed by atoms with Crippen molar-refractivity contribution in [2.45, 2.75) is 30.8 Å². The Morgan fingerprint density at radius 3 is 2.24 bits per heavy atom. The maximum Gasteiger partial charge on any atom is 0.417 e. The fourth-order valence-corrected chi connectivity index (χ4v) is 4.20. The normalized spacial score (nSPS) is 16.8. The van der Waals surface area contributed by atoms with E-state index in [4.69, 9.17) is 11.6 Å². The van der Waals surface area contributed by atoms with E-state index < -0.39 is 58.7 Å². The van der Waals surface area contributed by atoms with Gasteiger partial charge in [-0.2, -0.15) is 31.0 Å². The van der Waals surface area contributed by atoms with Crippen LogP contribution in [0.1, 0.15) is 28.8 Å². The number of aliphatic hydroxyl groups is 1. The van der Waals surface area contributed by atoms with Gasteiger partial charge in [0.2, 0.25) is 0 Å². The third-order valence-electron chi connectivity index (χ3n) is 5.78. The summed E-state index contributed by atoms with van der Waals surface area (Å²) in [5.74, 6) is -2.40. The topological polar surface area (TPSA) is 58.4 Å². The minimum atomic E-state index is -4.93. The SMILES string of the molecule is O=C(c1c(Cl)cccc1C(F)(F)F)n1nc(N2CCC(O)(C(F)(F)F)CC2)c2c(F)cccc21. The molecule has 1 aliphatic rings. The summed E-state index contributed by atoms with van der Waals surface area (Å²) in [6.45, 7) is -0.769. The number of benzene rings is 2. The van der Waals surface area contributed by atoms with Gasteiger partial charge in [0.1, 0.15) is 5.82 Å². The van der Waals surface area contributed by atoms with Gasteiger partial charge in [0.05, 0.1) is 27.1 Å². The fourth-order valence-electron chi connectivity index (χ4n) is 3.94. The van der Waals surface area contributed by atoms with Crippen LogP contribution in [-0.2, 0) is 6.18 Å². The highest BCUT2D eigenvalue weighted by Gasteiger charge is 2.54. The molecule has 1 fully saturated rings. The van der Waals surface area contributed by atoms with Crippen LogP contribution in [0.2, 0.25) is 5.02 Å². The van der Waals surface area contributed by atoms with Gasteiger partial charge in [-0.3, -0.25) is 4.79 Å². The molecule has 0 amide bonds. The molecular formula is C21H15ClF7N3O2. The van der Waals surface area contributed by atoms with Crippen molar-refractivity contribution in [1.29, 1.82) is 0 Å². The summed E-state index contributed by atoms with van der Waals surface area (Å²) in [5, 5.41) is 13.1. The summed E-state index contributed by atoms with van der Waals surface area (Å²) in [6, 6.07) is 6.24. The van der Waals surface area contributed by atoms with E-state index in [1.54, 1.807) is 0 Å². The van der Waals surface area contributed by atoms with Gasteiger partial charge in [-0.25, -0.2) is 4.39 Å². The van der Waals surface area contributed by atoms with E-state index in [9.17, 15) is 40.6 Å². The molecule has 34 heavy (non-hydrogen) atoms. The highest BCUT2D eigenvalue weighted by molar-refractivity contribution is 6.34. The smallest absolute Gasteiger partial charge is 0.380 e. The van der Waals surface area contributed by atoms with E-state index in [2.05, 4.69) is 5.10 Å². The van der Waals surface area contributed by atoms with E-state index in [0.29, 0.717) is 10.7 Å². The van der Waals surface area contributed by atoms with Crippen LogP contribution in [0.5, 0.6) is 0 Å². The number of fused-ring (bicyclic) bond motifs is 1. The lowest BCUT2D eigenvalue weighted by Crippen LogP contribution is -2.53. The Morgan fingerprint density at radius 1 is 1.03 bits per heavy atom. The first kappa shape index (κ1) is 24.3. The van der Waals surface area contributed by atoms with Crippen molar-refractivity contribution in [3.8, 4) is 0 Å². The van der Waals surface area contributed by atoms with Crippen molar-refractivity contribution in [3.05, 3.63) is 58.4 Å². The summed E-state index contributed by atoms with van der Waals surface area (Å²) in [7, 11) is 0. The van der Waals surface area contributed by atoms with Gasteiger partial charge in [-0.1, -0.05) is 23.7 Å². The van der Waals surface area contributed by atoms with Gasteiger partial charge in [-0.15, -0.1) is 5.10 Å². The number of rotatable bonds is 2. The molecule has 0 unspecified atom stereocenters. The molecule has 0 atom stereocenters. The molecule has 1 aromatic heterocycles. The maximum absolute atomic E-state index is 14.7. The van der Waals surface area contributed by atoms with Crippen molar-refractivity contribution in [2.75, 3.05) is 18.0 Å². The van der Waals surface area contributed by atoms with E-state index in [0.717, 1.165) is 18.2 Å². The number of halogens is 8. The van der Waals surface area contributed by atoms with Gasteiger partial charge in [-0.05, 0) is 24.3 Å². The molecule has 3 aromatic rings. The van der Waals surface area contributed by atoms with Gasteiger partial charge < -0.3 is 10.0 Å². The second kappa shape index (κ2) is 8.12. The number of hydrogen-bond acceptors (Lipinski definition) is 4. The standard InChI is InChI=1S/C21H15ClF7N3O2/c22-12-4-1-3-11(20(24,25)26)15(12)18(33)32-14-6-2-5-13(23)16(14)17(30-32)31-9-7-19(34,8-10-31)21(27,28)29/h1-6,34H,7-10H2. The van der Waals surface area contributed by atoms with Crippen LogP contribution in [0.25, 0.3) is 10.9 Å². The summed E-state index contributed by atoms with van der Waals surface area (Å²) in [4.78, 5) is 14.4. The quantitative estimate of drug-likeness (QED) is 0.468. The third kappa shape index (κ3) is 3.98. The molecule has 2 aromatic carbocycles. The number of carbonyl (C=O) groups excluding carboxylic acids is 1. The molecule has 13 heteroatoms. The summed E-state index contributed by atoms with van der Waals surface area (Å²) < 4.78 is 95.3. The van der Waals surface area contributed by atoms with Crippen molar-refractivity contribution in [3.63, 3.8) is 0 Å². The van der Waals surface area contributed by atoms with Crippen LogP contribution in [0.15, 0.2) is 36.4 Å². The lowest BCUT2D eigenvalue weighted by Gasteiger charge is -2.39. The number of hydrogen-bond donors (Lipinski definition) is 1. The van der Waals surface area contributed by atoms with E-state index >= 15 is 0 Å². The van der Waals surface area contributed by atoms with Crippen LogP contribution < -0.4 is 4.90 Å². The van der Waals surface area contributed by atoms with Gasteiger partial charge in [0, 0.05) is 25.9 Å². The Kier molecular flexibility index (Phi) is 5.80. The molecule has 1 saturated heterocycles. The minimum absolute atomic E-state index is 0.190. The number of nitrogens with zero attached hydrogens (tertiary/aromatic N) is 3. The van der Waals surface area contributed by atoms with Crippen molar-refractivity contribution >= 4 is 34.2 Å². The number of alkyl halides is 6. The molecule has 4 rings (SSSR count). The van der Waals surface area contributed by atoms with Crippen LogP contribution in [-0.4, -0.2) is 45.7 Å². The van der Waals surface area contributed by atoms with Gasteiger partial charge in [0.25, 0.3) is 5.91 Å². The lowest BCUT2D eigenvalue weighted by atomic mass is 9.91. The number of anilines is 1. The Labute approximate surface area is 192 Å². The molecule has 0 spiro atoms. The van der Waals surface area contributed by atoms with Crippen LogP contribution in [0, 0.1) is 5.82 Å². The van der Waals surface area contributed by atoms with Crippen LogP contribution >= 0.6 is 11.6 Å². The summed E-state index contributed by atoms with van der Waals surface area (Å²) >= 11 is 5.91. The molecule has 2 heterocycles. The maximum atomic E-state index is 14.7. The van der Waals surface area contributed by atoms with E-state index in [1.165, 1.54) is 17.0 Å². The van der Waals surface area contributed by atoms with Gasteiger partial charge >= 0.3 is 12.4 Å². The molecule has 5 nitrogen and oxygen atoms in total. The third-order valence-corrected chi connectivity index (χ3v) is 6.10. The lowest BCUT2D eigenvalue weighted by molar-refractivity contribution is -0.266. The first-order valence-electron chi connectivity index (χ1n) is 9.86. The molecule has 1 N–H and O–H groups in total. The summed E-state index contributed by atoms with van der Waals surface area (Å²) in [5.41, 5.74) is -5.35. The van der Waals surface area contributed by atoms with Crippen LogP contribution in [0.4, 0.5) is 36.6 Å². The second-order valence-electron chi connectivity index (χ2n) is 7.85. The first-order chi connectivity index (χ1) is 15.7. The average Bonchev–Trinajstić information content (AvgIpc) is 3.13. The molecule has 1 aliphatic heterocycles. The molecule has 0 radical (unpaired) electrons.